The van der Waals surface area contributed by atoms with E-state index in [1.807, 2.05) is 0 Å². The van der Waals surface area contributed by atoms with Gasteiger partial charge in [-0.3, -0.25) is 19.7 Å². The van der Waals surface area contributed by atoms with E-state index in [1.165, 1.54) is 23.8 Å². The Balaban J connectivity index is 1.88. The predicted molar refractivity (Wildman–Crippen MR) is 105 cm³/mol. The number of amides is 3. The first kappa shape index (κ1) is 19.7. The molecule has 3 amide bonds. The van der Waals surface area contributed by atoms with Crippen LogP contribution in [0.4, 0.5) is 5.69 Å². The summed E-state index contributed by atoms with van der Waals surface area (Å²) < 4.78 is 0. The summed E-state index contributed by atoms with van der Waals surface area (Å²) in [4.78, 5) is 38.1. The van der Waals surface area contributed by atoms with Crippen LogP contribution < -0.4 is 16.0 Å². The van der Waals surface area contributed by atoms with Gasteiger partial charge in [-0.1, -0.05) is 31.7 Å². The van der Waals surface area contributed by atoms with Gasteiger partial charge in [0.1, 0.15) is 11.4 Å². The van der Waals surface area contributed by atoms with Gasteiger partial charge >= 0.3 is 0 Å². The molecular formula is C20H26N4O4. The second-order valence-corrected chi connectivity index (χ2v) is 7.39. The first-order chi connectivity index (χ1) is 13.4. The fraction of sp³-hybridized carbons (Fsp3) is 0.450. The molecular weight excluding hydrogens is 360 g/mol. The molecule has 0 spiro atoms. The van der Waals surface area contributed by atoms with Crippen LogP contribution in [0.5, 0.6) is 5.75 Å². The largest absolute Gasteiger partial charge is 0.505 e. The smallest absolute Gasteiger partial charge is 0.276 e. The zero-order valence-electron chi connectivity index (χ0n) is 16.2. The summed E-state index contributed by atoms with van der Waals surface area (Å²) in [5.74, 6) is -1.69. The highest BCUT2D eigenvalue weighted by Crippen LogP contribution is 2.30. The molecule has 28 heavy (non-hydrogen) atoms. The van der Waals surface area contributed by atoms with Gasteiger partial charge < -0.3 is 20.6 Å². The Hall–Kier alpha value is -3.03. The topological polar surface area (TPSA) is 111 Å². The van der Waals surface area contributed by atoms with Gasteiger partial charge in [-0.2, -0.15) is 0 Å². The van der Waals surface area contributed by atoms with Crippen molar-refractivity contribution in [1.82, 2.24) is 15.5 Å². The van der Waals surface area contributed by atoms with Crippen molar-refractivity contribution < 1.29 is 19.5 Å². The molecule has 1 aliphatic carbocycles. The highest BCUT2D eigenvalue weighted by Gasteiger charge is 2.33. The first-order valence-electron chi connectivity index (χ1n) is 9.55. The average Bonchev–Trinajstić information content (AvgIpc) is 2.84. The summed E-state index contributed by atoms with van der Waals surface area (Å²) in [5.41, 5.74) is 0.533. The van der Waals surface area contributed by atoms with Gasteiger partial charge in [0.05, 0.1) is 11.3 Å². The third-order valence-electron chi connectivity index (χ3n) is 5.07. The van der Waals surface area contributed by atoms with Crippen LogP contribution in [0.15, 0.2) is 29.6 Å². The zero-order valence-corrected chi connectivity index (χ0v) is 16.2. The molecule has 1 aliphatic heterocycles. The van der Waals surface area contributed by atoms with Crippen molar-refractivity contribution in [3.05, 3.63) is 35.2 Å². The van der Waals surface area contributed by atoms with Gasteiger partial charge in [0.25, 0.3) is 17.7 Å². The SMILES string of the molecule is CN(C)C(=O)c1cccc(NC2=C(NC3CCCCCC3)C(=O)NC2=O)c1O. The zero-order chi connectivity index (χ0) is 20.3. The number of anilines is 1. The third-order valence-corrected chi connectivity index (χ3v) is 5.07. The summed E-state index contributed by atoms with van der Waals surface area (Å²) in [6.45, 7) is 0. The molecule has 1 fully saturated rings. The van der Waals surface area contributed by atoms with Gasteiger partial charge in [-0.15, -0.1) is 0 Å². The van der Waals surface area contributed by atoms with Gasteiger partial charge in [-0.05, 0) is 25.0 Å². The molecule has 0 atom stereocenters. The molecule has 0 saturated heterocycles. The molecule has 0 radical (unpaired) electrons. The molecule has 8 nitrogen and oxygen atoms in total. The normalized spacial score (nSPS) is 17.9. The van der Waals surface area contributed by atoms with E-state index in [4.69, 9.17) is 0 Å². The Morgan fingerprint density at radius 1 is 1.07 bits per heavy atom. The molecule has 0 aromatic heterocycles. The number of aromatic hydroxyl groups is 1. The lowest BCUT2D eigenvalue weighted by Crippen LogP contribution is -2.33. The second kappa shape index (κ2) is 8.33. The van der Waals surface area contributed by atoms with Crippen LogP contribution in [0, 0.1) is 0 Å². The Morgan fingerprint density at radius 2 is 1.71 bits per heavy atom. The van der Waals surface area contributed by atoms with Gasteiger partial charge in [-0.25, -0.2) is 0 Å². The first-order valence-corrected chi connectivity index (χ1v) is 9.55. The number of carbonyl (C=O) groups excluding carboxylic acids is 3. The fourth-order valence-electron chi connectivity index (χ4n) is 3.53. The summed E-state index contributed by atoms with van der Waals surface area (Å²) in [6.07, 6.45) is 6.40. The van der Waals surface area contributed by atoms with Crippen molar-refractivity contribution in [2.24, 2.45) is 0 Å². The average molecular weight is 386 g/mol. The molecule has 0 unspecified atom stereocenters. The number of nitrogens with zero attached hydrogens (tertiary/aromatic N) is 1. The van der Waals surface area contributed by atoms with Crippen molar-refractivity contribution in [2.75, 3.05) is 19.4 Å². The van der Waals surface area contributed by atoms with E-state index in [-0.39, 0.29) is 40.3 Å². The highest BCUT2D eigenvalue weighted by atomic mass is 16.3. The number of hydrogen-bond acceptors (Lipinski definition) is 6. The summed E-state index contributed by atoms with van der Waals surface area (Å²) in [6, 6.07) is 4.78. The van der Waals surface area contributed by atoms with Crippen molar-refractivity contribution in [1.29, 1.82) is 0 Å². The lowest BCUT2D eigenvalue weighted by atomic mass is 10.1. The Labute approximate surface area is 164 Å². The molecule has 0 bridgehead atoms. The van der Waals surface area contributed by atoms with Crippen molar-refractivity contribution in [3.63, 3.8) is 0 Å². The quantitative estimate of drug-likeness (QED) is 0.348. The number of para-hydroxylation sites is 1. The molecule has 4 N–H and O–H groups in total. The Bertz CT molecular complexity index is 823. The number of hydrogen-bond donors (Lipinski definition) is 4. The van der Waals surface area contributed by atoms with Crippen LogP contribution in [0.25, 0.3) is 0 Å². The molecule has 1 heterocycles. The monoisotopic (exact) mass is 386 g/mol. The molecule has 8 heteroatoms. The van der Waals surface area contributed by atoms with E-state index in [9.17, 15) is 19.5 Å². The number of benzene rings is 1. The van der Waals surface area contributed by atoms with Crippen molar-refractivity contribution in [3.8, 4) is 5.75 Å². The number of phenols is 1. The van der Waals surface area contributed by atoms with E-state index in [0.29, 0.717) is 0 Å². The van der Waals surface area contributed by atoms with E-state index < -0.39 is 11.8 Å². The Kier molecular flexibility index (Phi) is 5.87. The minimum atomic E-state index is -0.565. The predicted octanol–water partition coefficient (Wildman–Crippen LogP) is 1.69. The van der Waals surface area contributed by atoms with Crippen LogP contribution in [-0.4, -0.2) is 47.9 Å². The fourth-order valence-corrected chi connectivity index (χ4v) is 3.53. The summed E-state index contributed by atoms with van der Waals surface area (Å²) in [5, 5.41) is 18.8. The van der Waals surface area contributed by atoms with Gasteiger partial charge in [0.15, 0.2) is 5.75 Å². The molecule has 1 saturated carbocycles. The van der Waals surface area contributed by atoms with Crippen molar-refractivity contribution in [2.45, 2.75) is 44.6 Å². The lowest BCUT2D eigenvalue weighted by molar-refractivity contribution is -0.124. The number of imide groups is 1. The molecule has 150 valence electrons. The molecule has 1 aromatic rings. The van der Waals surface area contributed by atoms with Crippen LogP contribution in [-0.2, 0) is 9.59 Å². The van der Waals surface area contributed by atoms with Crippen LogP contribution in [0.2, 0.25) is 0 Å². The van der Waals surface area contributed by atoms with Crippen LogP contribution >= 0.6 is 0 Å². The summed E-state index contributed by atoms with van der Waals surface area (Å²) >= 11 is 0. The standard InChI is InChI=1S/C20H26N4O4/c1-24(2)20(28)13-10-7-11-14(17(13)25)22-16-15(18(26)23-19(16)27)21-12-8-5-3-4-6-9-12/h7,10-12,25H,3-6,8-9H2,1-2H3,(H3,21,22,23,26,27). The highest BCUT2D eigenvalue weighted by molar-refractivity contribution is 6.20. The summed E-state index contributed by atoms with van der Waals surface area (Å²) in [7, 11) is 3.17. The van der Waals surface area contributed by atoms with Crippen LogP contribution in [0.3, 0.4) is 0 Å². The molecule has 2 aliphatic rings. The maximum absolute atomic E-state index is 12.3. The number of phenolic OH excluding ortho intramolecular Hbond substituents is 1. The van der Waals surface area contributed by atoms with Crippen molar-refractivity contribution >= 4 is 23.4 Å². The van der Waals surface area contributed by atoms with E-state index >= 15 is 0 Å². The van der Waals surface area contributed by atoms with Gasteiger partial charge in [0, 0.05) is 20.1 Å². The molecule has 3 rings (SSSR count). The number of nitrogens with one attached hydrogen (secondary N) is 3. The number of carbonyl (C=O) groups is 3. The molecule has 1 aromatic carbocycles. The minimum absolute atomic E-state index is 0.0546. The van der Waals surface area contributed by atoms with Crippen LogP contribution in [0.1, 0.15) is 48.9 Å². The van der Waals surface area contributed by atoms with Gasteiger partial charge in [0.2, 0.25) is 0 Å². The maximum atomic E-state index is 12.3. The Morgan fingerprint density at radius 3 is 2.36 bits per heavy atom. The van der Waals surface area contributed by atoms with E-state index in [2.05, 4.69) is 16.0 Å². The minimum Gasteiger partial charge on any atom is -0.505 e. The maximum Gasteiger partial charge on any atom is 0.276 e. The second-order valence-electron chi connectivity index (χ2n) is 7.39. The number of rotatable bonds is 5. The van der Waals surface area contributed by atoms with E-state index in [0.717, 1.165) is 25.7 Å². The lowest BCUT2D eigenvalue weighted by Gasteiger charge is -2.19. The van der Waals surface area contributed by atoms with E-state index in [1.54, 1.807) is 26.2 Å². The third kappa shape index (κ3) is 4.11.